The lowest BCUT2D eigenvalue weighted by Gasteiger charge is -2.32. The summed E-state index contributed by atoms with van der Waals surface area (Å²) in [7, 11) is 2.12. The van der Waals surface area contributed by atoms with Gasteiger partial charge in [0.25, 0.3) is 0 Å². The van der Waals surface area contributed by atoms with Crippen LogP contribution < -0.4 is 10.6 Å². The molecule has 1 saturated heterocycles. The standard InChI is InChI=1S/C19H30N4O2/c1-15(23-11-13-25-14-12-23)16-3-5-17(6-4-16)21-19(24)20-9-10-22(2)18-7-8-18/h3-6,15,18H,7-14H2,1-2H3,(H2,20,21,24)/t15-/m0/s1. The zero-order chi connectivity index (χ0) is 17.6. The van der Waals surface area contributed by atoms with Crippen molar-refractivity contribution in [2.75, 3.05) is 51.8 Å². The molecule has 1 heterocycles. The second kappa shape index (κ2) is 8.65. The van der Waals surface area contributed by atoms with Crippen LogP contribution in [0.5, 0.6) is 0 Å². The molecule has 2 aliphatic rings. The number of ether oxygens (including phenoxy) is 1. The summed E-state index contributed by atoms with van der Waals surface area (Å²) < 4.78 is 5.41. The van der Waals surface area contributed by atoms with Gasteiger partial charge in [-0.1, -0.05) is 12.1 Å². The first-order valence-electron chi connectivity index (χ1n) is 9.30. The summed E-state index contributed by atoms with van der Waals surface area (Å²) in [4.78, 5) is 16.7. The number of likely N-dealkylation sites (N-methyl/N-ethyl adjacent to an activating group) is 1. The summed E-state index contributed by atoms with van der Waals surface area (Å²) in [5.74, 6) is 0. The van der Waals surface area contributed by atoms with Gasteiger partial charge in [0.1, 0.15) is 0 Å². The summed E-state index contributed by atoms with van der Waals surface area (Å²) in [5, 5.41) is 5.82. The molecule has 1 aromatic carbocycles. The van der Waals surface area contributed by atoms with Crippen molar-refractivity contribution in [3.05, 3.63) is 29.8 Å². The molecule has 0 spiro atoms. The van der Waals surface area contributed by atoms with Gasteiger partial charge in [0.15, 0.2) is 0 Å². The Morgan fingerprint density at radius 3 is 2.60 bits per heavy atom. The maximum absolute atomic E-state index is 12.0. The summed E-state index contributed by atoms with van der Waals surface area (Å²) in [6.07, 6.45) is 2.58. The predicted octanol–water partition coefficient (Wildman–Crippen LogP) is 2.30. The number of nitrogens with zero attached hydrogens (tertiary/aromatic N) is 2. The van der Waals surface area contributed by atoms with Gasteiger partial charge < -0.3 is 20.3 Å². The second-order valence-electron chi connectivity index (χ2n) is 7.04. The Hall–Kier alpha value is -1.63. The van der Waals surface area contributed by atoms with Crippen LogP contribution in [0.1, 0.15) is 31.4 Å². The highest BCUT2D eigenvalue weighted by atomic mass is 16.5. The zero-order valence-corrected chi connectivity index (χ0v) is 15.3. The molecule has 25 heavy (non-hydrogen) atoms. The fourth-order valence-corrected chi connectivity index (χ4v) is 3.24. The van der Waals surface area contributed by atoms with Gasteiger partial charge >= 0.3 is 6.03 Å². The van der Waals surface area contributed by atoms with Crippen molar-refractivity contribution in [3.8, 4) is 0 Å². The minimum atomic E-state index is -0.141. The van der Waals surface area contributed by atoms with Crippen molar-refractivity contribution >= 4 is 11.7 Å². The highest BCUT2D eigenvalue weighted by Crippen LogP contribution is 2.24. The molecule has 2 fully saturated rings. The minimum Gasteiger partial charge on any atom is -0.379 e. The van der Waals surface area contributed by atoms with Crippen LogP contribution in [0.15, 0.2) is 24.3 Å². The van der Waals surface area contributed by atoms with Gasteiger partial charge in [-0.15, -0.1) is 0 Å². The molecule has 6 heteroatoms. The molecule has 2 N–H and O–H groups in total. The first-order valence-corrected chi connectivity index (χ1v) is 9.30. The molecule has 1 aromatic rings. The number of benzene rings is 1. The third-order valence-corrected chi connectivity index (χ3v) is 5.16. The van der Waals surface area contributed by atoms with Crippen LogP contribution in [0.2, 0.25) is 0 Å². The van der Waals surface area contributed by atoms with Gasteiger partial charge in [-0.3, -0.25) is 4.90 Å². The number of nitrogens with one attached hydrogen (secondary N) is 2. The number of carbonyl (C=O) groups excluding carboxylic acids is 1. The molecule has 0 aromatic heterocycles. The minimum absolute atomic E-state index is 0.141. The molecule has 3 rings (SSSR count). The number of rotatable bonds is 7. The SMILES string of the molecule is C[C@@H](c1ccc(NC(=O)NCCN(C)C2CC2)cc1)N1CCOCC1. The van der Waals surface area contributed by atoms with Gasteiger partial charge in [0.05, 0.1) is 13.2 Å². The van der Waals surface area contributed by atoms with Crippen LogP contribution >= 0.6 is 0 Å². The molecular formula is C19H30N4O2. The third kappa shape index (κ3) is 5.42. The zero-order valence-electron chi connectivity index (χ0n) is 15.3. The van der Waals surface area contributed by atoms with Crippen molar-refractivity contribution in [1.29, 1.82) is 0 Å². The number of carbonyl (C=O) groups is 1. The molecule has 2 amide bonds. The molecule has 1 aliphatic heterocycles. The van der Waals surface area contributed by atoms with Crippen molar-refractivity contribution in [2.45, 2.75) is 31.8 Å². The van der Waals surface area contributed by atoms with Gasteiger partial charge in [0.2, 0.25) is 0 Å². The number of anilines is 1. The molecule has 138 valence electrons. The topological polar surface area (TPSA) is 56.8 Å². The number of morpholine rings is 1. The number of hydrogen-bond acceptors (Lipinski definition) is 4. The molecule has 0 radical (unpaired) electrons. The third-order valence-electron chi connectivity index (χ3n) is 5.16. The maximum atomic E-state index is 12.0. The van der Waals surface area contributed by atoms with Crippen LogP contribution in [0.4, 0.5) is 10.5 Å². The van der Waals surface area contributed by atoms with E-state index in [1.54, 1.807) is 0 Å². The van der Waals surface area contributed by atoms with Crippen LogP contribution in [0, 0.1) is 0 Å². The van der Waals surface area contributed by atoms with E-state index in [1.165, 1.54) is 18.4 Å². The molecule has 0 unspecified atom stereocenters. The lowest BCUT2D eigenvalue weighted by Crippen LogP contribution is -2.38. The van der Waals surface area contributed by atoms with Crippen LogP contribution in [-0.4, -0.2) is 68.3 Å². The van der Waals surface area contributed by atoms with Crippen LogP contribution in [0.3, 0.4) is 0 Å². The summed E-state index contributed by atoms with van der Waals surface area (Å²) in [6, 6.07) is 9.09. The van der Waals surface area contributed by atoms with E-state index < -0.39 is 0 Å². The van der Waals surface area contributed by atoms with E-state index in [0.29, 0.717) is 12.6 Å². The molecule has 1 saturated carbocycles. The van der Waals surface area contributed by atoms with Crippen molar-refractivity contribution in [1.82, 2.24) is 15.1 Å². The number of hydrogen-bond donors (Lipinski definition) is 2. The van der Waals surface area contributed by atoms with E-state index in [-0.39, 0.29) is 6.03 Å². The van der Waals surface area contributed by atoms with Crippen molar-refractivity contribution in [2.24, 2.45) is 0 Å². The van der Waals surface area contributed by atoms with Crippen molar-refractivity contribution < 1.29 is 9.53 Å². The average Bonchev–Trinajstić information content (AvgIpc) is 3.47. The Morgan fingerprint density at radius 2 is 1.96 bits per heavy atom. The number of amides is 2. The van der Waals surface area contributed by atoms with E-state index >= 15 is 0 Å². The van der Waals surface area contributed by atoms with Gasteiger partial charge in [-0.2, -0.15) is 0 Å². The molecule has 0 bridgehead atoms. The number of urea groups is 1. The van der Waals surface area contributed by atoms with E-state index in [9.17, 15) is 4.79 Å². The Bertz CT molecular complexity index is 553. The largest absolute Gasteiger partial charge is 0.379 e. The molecule has 1 aliphatic carbocycles. The Labute approximate surface area is 150 Å². The van der Waals surface area contributed by atoms with E-state index in [0.717, 1.165) is 44.6 Å². The lowest BCUT2D eigenvalue weighted by atomic mass is 10.1. The summed E-state index contributed by atoms with van der Waals surface area (Å²) in [6.45, 7) is 7.34. The van der Waals surface area contributed by atoms with Gasteiger partial charge in [0, 0.05) is 44.0 Å². The molecular weight excluding hydrogens is 316 g/mol. The second-order valence-corrected chi connectivity index (χ2v) is 7.04. The highest BCUT2D eigenvalue weighted by molar-refractivity contribution is 5.89. The predicted molar refractivity (Wildman–Crippen MR) is 99.9 cm³/mol. The normalized spacial score (nSPS) is 19.6. The van der Waals surface area contributed by atoms with E-state index in [2.05, 4.69) is 46.5 Å². The average molecular weight is 346 g/mol. The maximum Gasteiger partial charge on any atom is 0.319 e. The van der Waals surface area contributed by atoms with Crippen LogP contribution in [-0.2, 0) is 4.74 Å². The Kier molecular flexibility index (Phi) is 6.29. The Morgan fingerprint density at radius 1 is 1.28 bits per heavy atom. The fourth-order valence-electron chi connectivity index (χ4n) is 3.24. The van der Waals surface area contributed by atoms with E-state index in [1.807, 2.05) is 12.1 Å². The summed E-state index contributed by atoms with van der Waals surface area (Å²) in [5.41, 5.74) is 2.09. The lowest BCUT2D eigenvalue weighted by molar-refractivity contribution is 0.0198. The summed E-state index contributed by atoms with van der Waals surface area (Å²) >= 11 is 0. The first-order chi connectivity index (χ1) is 12.1. The molecule has 6 nitrogen and oxygen atoms in total. The smallest absolute Gasteiger partial charge is 0.319 e. The monoisotopic (exact) mass is 346 g/mol. The first kappa shape index (κ1) is 18.2. The quantitative estimate of drug-likeness (QED) is 0.795. The fraction of sp³-hybridized carbons (Fsp3) is 0.632. The van der Waals surface area contributed by atoms with Crippen molar-refractivity contribution in [3.63, 3.8) is 0 Å². The van der Waals surface area contributed by atoms with Gasteiger partial charge in [-0.25, -0.2) is 4.79 Å². The van der Waals surface area contributed by atoms with Gasteiger partial charge in [-0.05, 0) is 44.5 Å². The molecule has 1 atom stereocenters. The van der Waals surface area contributed by atoms with Crippen LogP contribution in [0.25, 0.3) is 0 Å². The van der Waals surface area contributed by atoms with E-state index in [4.69, 9.17) is 4.74 Å². The Balaban J connectivity index is 1.42. The highest BCUT2D eigenvalue weighted by Gasteiger charge is 2.25.